The maximum atomic E-state index is 12.6. The van der Waals surface area contributed by atoms with Gasteiger partial charge in [0.05, 0.1) is 11.1 Å². The molecule has 0 bridgehead atoms. The largest absolute Gasteiger partial charge is 0.271 e. The number of benzene rings is 1. The Labute approximate surface area is 151 Å². The van der Waals surface area contributed by atoms with Crippen molar-refractivity contribution in [2.45, 2.75) is 24.7 Å². The van der Waals surface area contributed by atoms with Crippen LogP contribution >= 0.6 is 11.3 Å². The molecular weight excluding hydrogens is 358 g/mol. The zero-order valence-corrected chi connectivity index (χ0v) is 15.4. The van der Waals surface area contributed by atoms with Crippen LogP contribution in [-0.4, -0.2) is 37.9 Å². The molecule has 1 aromatic carbocycles. The van der Waals surface area contributed by atoms with E-state index in [0.29, 0.717) is 13.1 Å². The van der Waals surface area contributed by atoms with E-state index in [9.17, 15) is 13.2 Å². The molecule has 1 aliphatic heterocycles. The minimum atomic E-state index is -3.54. The molecule has 25 heavy (non-hydrogen) atoms. The van der Waals surface area contributed by atoms with Gasteiger partial charge in [-0.1, -0.05) is 6.07 Å². The highest BCUT2D eigenvalue weighted by Crippen LogP contribution is 2.21. The average Bonchev–Trinajstić information content (AvgIpc) is 3.27. The molecule has 1 amide bonds. The molecule has 1 fully saturated rings. The number of hydrazone groups is 1. The maximum Gasteiger partial charge on any atom is 0.271 e. The third-order valence-electron chi connectivity index (χ3n) is 3.92. The Morgan fingerprint density at radius 2 is 2.00 bits per heavy atom. The number of nitrogens with one attached hydrogen (secondary N) is 1. The second-order valence-corrected chi connectivity index (χ2v) is 9.04. The summed E-state index contributed by atoms with van der Waals surface area (Å²) in [7, 11) is -3.54. The van der Waals surface area contributed by atoms with E-state index < -0.39 is 15.9 Å². The van der Waals surface area contributed by atoms with Crippen molar-refractivity contribution in [3.63, 3.8) is 0 Å². The summed E-state index contributed by atoms with van der Waals surface area (Å²) in [4.78, 5) is 14.4. The highest BCUT2D eigenvalue weighted by Gasteiger charge is 2.27. The van der Waals surface area contributed by atoms with Crippen molar-refractivity contribution in [1.29, 1.82) is 0 Å². The van der Waals surface area contributed by atoms with Gasteiger partial charge in [0.25, 0.3) is 5.91 Å². The van der Waals surface area contributed by atoms with Gasteiger partial charge in [-0.3, -0.25) is 4.79 Å². The van der Waals surface area contributed by atoms with E-state index in [0.717, 1.165) is 22.6 Å². The molecule has 1 aromatic heterocycles. The van der Waals surface area contributed by atoms with Crippen molar-refractivity contribution < 1.29 is 13.2 Å². The Morgan fingerprint density at radius 3 is 2.68 bits per heavy atom. The van der Waals surface area contributed by atoms with Crippen LogP contribution in [0.5, 0.6) is 0 Å². The van der Waals surface area contributed by atoms with Gasteiger partial charge in [0.1, 0.15) is 0 Å². The number of amides is 1. The first-order chi connectivity index (χ1) is 12.0. The lowest BCUT2D eigenvalue weighted by atomic mass is 10.2. The number of hydrogen-bond donors (Lipinski definition) is 1. The van der Waals surface area contributed by atoms with E-state index in [1.807, 2.05) is 19.1 Å². The predicted octanol–water partition coefficient (Wildman–Crippen LogP) is 2.60. The van der Waals surface area contributed by atoms with Crippen molar-refractivity contribution in [2.24, 2.45) is 5.10 Å². The van der Waals surface area contributed by atoms with Gasteiger partial charge in [-0.05, 0) is 50.1 Å². The molecule has 0 spiro atoms. The summed E-state index contributed by atoms with van der Waals surface area (Å²) in [5.74, 6) is -0.442. The monoisotopic (exact) mass is 377 g/mol. The molecule has 6 nitrogen and oxygen atoms in total. The fourth-order valence-corrected chi connectivity index (χ4v) is 4.93. The minimum Gasteiger partial charge on any atom is -0.267 e. The lowest BCUT2D eigenvalue weighted by Crippen LogP contribution is -2.28. The summed E-state index contributed by atoms with van der Waals surface area (Å²) in [6.45, 7) is 3.06. The van der Waals surface area contributed by atoms with Crippen molar-refractivity contribution >= 4 is 33.5 Å². The zero-order valence-electron chi connectivity index (χ0n) is 13.8. The Hall–Kier alpha value is -2.03. The normalized spacial score (nSPS) is 15.7. The lowest BCUT2D eigenvalue weighted by molar-refractivity contribution is 0.0955. The summed E-state index contributed by atoms with van der Waals surface area (Å²) in [6, 6.07) is 9.95. The average molecular weight is 377 g/mol. The van der Waals surface area contributed by atoms with Crippen LogP contribution in [0.3, 0.4) is 0 Å². The summed E-state index contributed by atoms with van der Waals surface area (Å²) < 4.78 is 26.6. The molecule has 132 valence electrons. The van der Waals surface area contributed by atoms with Gasteiger partial charge in [0, 0.05) is 28.4 Å². The van der Waals surface area contributed by atoms with Crippen LogP contribution in [0, 0.1) is 6.92 Å². The molecule has 1 saturated heterocycles. The van der Waals surface area contributed by atoms with E-state index in [1.54, 1.807) is 29.7 Å². The molecule has 2 aromatic rings. The van der Waals surface area contributed by atoms with Gasteiger partial charge >= 0.3 is 0 Å². The van der Waals surface area contributed by atoms with Crippen molar-refractivity contribution in [3.05, 3.63) is 51.7 Å². The van der Waals surface area contributed by atoms with Gasteiger partial charge in [0.15, 0.2) is 0 Å². The Balaban J connectivity index is 1.72. The lowest BCUT2D eigenvalue weighted by Gasteiger charge is -2.15. The van der Waals surface area contributed by atoms with Crippen LogP contribution in [-0.2, 0) is 10.0 Å². The number of nitrogens with zero attached hydrogens (tertiary/aromatic N) is 2. The summed E-state index contributed by atoms with van der Waals surface area (Å²) >= 11 is 1.57. The van der Waals surface area contributed by atoms with E-state index in [4.69, 9.17) is 0 Å². The first-order valence-electron chi connectivity index (χ1n) is 7.97. The summed E-state index contributed by atoms with van der Waals surface area (Å²) in [5.41, 5.74) is 2.70. The highest BCUT2D eigenvalue weighted by atomic mass is 32.2. The number of carbonyl (C=O) groups excluding carboxylic acids is 1. The Morgan fingerprint density at radius 1 is 1.24 bits per heavy atom. The number of thiophene rings is 1. The SMILES string of the molecule is Cc1ccc(/C=N\NC(=O)c2cccc(S(=O)(=O)N3CCCC3)c2)s1. The number of sulfonamides is 1. The minimum absolute atomic E-state index is 0.139. The van der Waals surface area contributed by atoms with E-state index in [2.05, 4.69) is 10.5 Å². The Bertz CT molecular complexity index is 897. The predicted molar refractivity (Wildman–Crippen MR) is 98.6 cm³/mol. The summed E-state index contributed by atoms with van der Waals surface area (Å²) in [6.07, 6.45) is 3.31. The van der Waals surface area contributed by atoms with Gasteiger partial charge in [-0.25, -0.2) is 13.8 Å². The topological polar surface area (TPSA) is 78.8 Å². The second-order valence-electron chi connectivity index (χ2n) is 5.79. The molecule has 3 rings (SSSR count). The molecule has 0 atom stereocenters. The van der Waals surface area contributed by atoms with Crippen LogP contribution in [0.25, 0.3) is 0 Å². The van der Waals surface area contributed by atoms with Crippen LogP contribution < -0.4 is 5.43 Å². The van der Waals surface area contributed by atoms with Crippen molar-refractivity contribution in [3.8, 4) is 0 Å². The number of aryl methyl sites for hydroxylation is 1. The first kappa shape index (κ1) is 17.8. The van der Waals surface area contributed by atoms with Gasteiger partial charge in [-0.15, -0.1) is 11.3 Å². The molecule has 0 saturated carbocycles. The first-order valence-corrected chi connectivity index (χ1v) is 10.2. The molecule has 0 unspecified atom stereocenters. The van der Waals surface area contributed by atoms with Crippen LogP contribution in [0.4, 0.5) is 0 Å². The van der Waals surface area contributed by atoms with Crippen molar-refractivity contribution in [1.82, 2.24) is 9.73 Å². The smallest absolute Gasteiger partial charge is 0.267 e. The summed E-state index contributed by atoms with van der Waals surface area (Å²) in [5, 5.41) is 3.93. The molecule has 1 N–H and O–H groups in total. The molecular formula is C17H19N3O3S2. The third-order valence-corrected chi connectivity index (χ3v) is 6.75. The maximum absolute atomic E-state index is 12.6. The van der Waals surface area contributed by atoms with E-state index >= 15 is 0 Å². The van der Waals surface area contributed by atoms with Crippen LogP contribution in [0.2, 0.25) is 0 Å². The van der Waals surface area contributed by atoms with Gasteiger partial charge < -0.3 is 0 Å². The van der Waals surface area contributed by atoms with E-state index in [1.165, 1.54) is 16.4 Å². The van der Waals surface area contributed by atoms with Gasteiger partial charge in [0.2, 0.25) is 10.0 Å². The quantitative estimate of drug-likeness (QED) is 0.643. The number of rotatable bonds is 5. The molecule has 0 radical (unpaired) electrons. The second kappa shape index (κ2) is 7.47. The van der Waals surface area contributed by atoms with Crippen LogP contribution in [0.15, 0.2) is 46.4 Å². The number of hydrogen-bond acceptors (Lipinski definition) is 5. The van der Waals surface area contributed by atoms with Crippen LogP contribution in [0.1, 0.15) is 33.0 Å². The zero-order chi connectivity index (χ0) is 17.9. The molecule has 0 aliphatic carbocycles. The molecule has 1 aliphatic rings. The fourth-order valence-electron chi connectivity index (χ4n) is 2.62. The number of carbonyl (C=O) groups is 1. The molecule has 2 heterocycles. The Kier molecular flexibility index (Phi) is 5.31. The van der Waals surface area contributed by atoms with Crippen molar-refractivity contribution in [2.75, 3.05) is 13.1 Å². The molecule has 8 heteroatoms. The highest BCUT2D eigenvalue weighted by molar-refractivity contribution is 7.89. The van der Waals surface area contributed by atoms with Gasteiger partial charge in [-0.2, -0.15) is 9.41 Å². The van der Waals surface area contributed by atoms with E-state index in [-0.39, 0.29) is 10.5 Å². The third kappa shape index (κ3) is 4.15. The fraction of sp³-hybridized carbons (Fsp3) is 0.294. The standard InChI is InChI=1S/C17H19N3O3S2/c1-13-7-8-15(24-13)12-18-19-17(21)14-5-4-6-16(11-14)25(22,23)20-9-2-3-10-20/h4-8,11-12H,2-3,9-10H2,1H3,(H,19,21)/b18-12-.